The molecule has 3 aromatic rings. The number of carbonyl (C=O) groups is 2. The van der Waals surface area contributed by atoms with E-state index in [4.69, 9.17) is 14.2 Å². The number of benzene rings is 2. The van der Waals surface area contributed by atoms with Crippen molar-refractivity contribution in [3.8, 4) is 17.2 Å². The van der Waals surface area contributed by atoms with Gasteiger partial charge < -0.3 is 19.5 Å². The zero-order valence-corrected chi connectivity index (χ0v) is 22.5. The number of thiophene rings is 1. The van der Waals surface area contributed by atoms with Crippen LogP contribution in [0.3, 0.4) is 0 Å². The summed E-state index contributed by atoms with van der Waals surface area (Å²) in [7, 11) is 0. The van der Waals surface area contributed by atoms with Crippen LogP contribution < -0.4 is 24.4 Å². The van der Waals surface area contributed by atoms with Gasteiger partial charge in [0, 0.05) is 28.2 Å². The Labute approximate surface area is 227 Å². The first-order valence-electron chi connectivity index (χ1n) is 13.4. The van der Waals surface area contributed by atoms with Gasteiger partial charge in [-0.15, -0.1) is 11.3 Å². The van der Waals surface area contributed by atoms with E-state index in [1.807, 2.05) is 54.8 Å². The number of nitrogens with one attached hydrogen (secondary N) is 1. The predicted octanol–water partition coefficient (Wildman–Crippen LogP) is 5.68. The van der Waals surface area contributed by atoms with Crippen LogP contribution in [0.25, 0.3) is 0 Å². The maximum Gasteiger partial charge on any atom is 0.248 e. The number of rotatable bonds is 9. The van der Waals surface area contributed by atoms with Gasteiger partial charge in [0.05, 0.1) is 13.0 Å². The lowest BCUT2D eigenvalue weighted by Gasteiger charge is -2.34. The fourth-order valence-corrected chi connectivity index (χ4v) is 5.88. The Morgan fingerprint density at radius 1 is 1.03 bits per heavy atom. The van der Waals surface area contributed by atoms with E-state index < -0.39 is 6.04 Å². The lowest BCUT2D eigenvalue weighted by molar-refractivity contribution is -0.127. The Hall–Kier alpha value is -3.52. The molecule has 2 heterocycles. The first kappa shape index (κ1) is 26.1. The quantitative estimate of drug-likeness (QED) is 0.382. The van der Waals surface area contributed by atoms with E-state index in [0.29, 0.717) is 48.3 Å². The second-order valence-electron chi connectivity index (χ2n) is 9.56. The van der Waals surface area contributed by atoms with Crippen LogP contribution in [0.4, 0.5) is 5.69 Å². The second kappa shape index (κ2) is 12.3. The molecule has 7 nitrogen and oxygen atoms in total. The Balaban J connectivity index is 1.60. The molecule has 1 aliphatic carbocycles. The normalized spacial score (nSPS) is 15.9. The molecule has 2 aromatic carbocycles. The molecule has 1 aliphatic heterocycles. The van der Waals surface area contributed by atoms with E-state index in [9.17, 15) is 9.59 Å². The first-order valence-corrected chi connectivity index (χ1v) is 14.3. The van der Waals surface area contributed by atoms with Crippen LogP contribution in [0.1, 0.15) is 55.5 Å². The van der Waals surface area contributed by atoms with Crippen LogP contribution in [0.2, 0.25) is 0 Å². The topological polar surface area (TPSA) is 77.1 Å². The summed E-state index contributed by atoms with van der Waals surface area (Å²) >= 11 is 1.52. The largest absolute Gasteiger partial charge is 0.493 e. The van der Waals surface area contributed by atoms with Crippen molar-refractivity contribution in [1.29, 1.82) is 0 Å². The fraction of sp³-hybridized carbons (Fsp3) is 0.400. The van der Waals surface area contributed by atoms with Crippen molar-refractivity contribution in [3.63, 3.8) is 0 Å². The average Bonchev–Trinajstić information content (AvgIpc) is 3.45. The number of anilines is 1. The molecule has 0 spiro atoms. The smallest absolute Gasteiger partial charge is 0.248 e. The van der Waals surface area contributed by atoms with Gasteiger partial charge in [-0.1, -0.05) is 43.5 Å². The van der Waals surface area contributed by atoms with Gasteiger partial charge >= 0.3 is 0 Å². The van der Waals surface area contributed by atoms with Crippen molar-refractivity contribution in [2.24, 2.45) is 0 Å². The summed E-state index contributed by atoms with van der Waals surface area (Å²) in [4.78, 5) is 30.8. The standard InChI is InChI=1S/C30H34N2O5S/c1-2-35-25-13-7-6-12-24(25)29(30(34)31-21-9-4-3-5-10-21)32(28(33)20-23-11-8-18-38-23)22-14-15-26-27(19-22)37-17-16-36-26/h6-8,11-15,18-19,21,29H,2-5,9-10,16-17,20H2,1H3,(H,31,34). The Morgan fingerprint density at radius 2 is 1.82 bits per heavy atom. The molecule has 1 unspecified atom stereocenters. The summed E-state index contributed by atoms with van der Waals surface area (Å²) in [6, 6.07) is 16.0. The highest BCUT2D eigenvalue weighted by Gasteiger charge is 2.36. The molecule has 1 aromatic heterocycles. The van der Waals surface area contributed by atoms with E-state index in [1.165, 1.54) is 17.8 Å². The minimum Gasteiger partial charge on any atom is -0.493 e. The van der Waals surface area contributed by atoms with Crippen molar-refractivity contribution in [2.45, 2.75) is 57.5 Å². The number of nitrogens with zero attached hydrogens (tertiary/aromatic N) is 1. The van der Waals surface area contributed by atoms with Crippen molar-refractivity contribution in [3.05, 3.63) is 70.4 Å². The van der Waals surface area contributed by atoms with Gasteiger partial charge in [0.1, 0.15) is 25.0 Å². The van der Waals surface area contributed by atoms with Crippen LogP contribution in [-0.2, 0) is 16.0 Å². The minimum atomic E-state index is -0.922. The van der Waals surface area contributed by atoms with E-state index in [2.05, 4.69) is 5.32 Å². The molecule has 0 saturated heterocycles. The molecule has 8 heteroatoms. The third kappa shape index (κ3) is 5.96. The minimum absolute atomic E-state index is 0.0903. The van der Waals surface area contributed by atoms with Gasteiger partial charge in [-0.05, 0) is 49.4 Å². The SMILES string of the molecule is CCOc1ccccc1C(C(=O)NC1CCCCC1)N(C(=O)Cc1cccs1)c1ccc2c(c1)OCCO2. The monoisotopic (exact) mass is 534 g/mol. The summed E-state index contributed by atoms with van der Waals surface area (Å²) in [5.74, 6) is 1.39. The molecular formula is C30H34N2O5S. The highest BCUT2D eigenvalue weighted by Crippen LogP contribution is 2.39. The van der Waals surface area contributed by atoms with Gasteiger partial charge in [0.15, 0.2) is 11.5 Å². The molecule has 1 atom stereocenters. The Kier molecular flexibility index (Phi) is 8.48. The van der Waals surface area contributed by atoms with Crippen molar-refractivity contribution >= 4 is 28.8 Å². The Morgan fingerprint density at radius 3 is 2.58 bits per heavy atom. The number of fused-ring (bicyclic) bond motifs is 1. The predicted molar refractivity (Wildman–Crippen MR) is 148 cm³/mol. The number of hydrogen-bond donors (Lipinski definition) is 1. The number of ether oxygens (including phenoxy) is 3. The van der Waals surface area contributed by atoms with Crippen molar-refractivity contribution in [2.75, 3.05) is 24.7 Å². The zero-order valence-electron chi connectivity index (χ0n) is 21.7. The molecule has 1 fully saturated rings. The lowest BCUT2D eigenvalue weighted by atomic mass is 9.94. The van der Waals surface area contributed by atoms with Gasteiger partial charge in [0.25, 0.3) is 0 Å². The maximum atomic E-state index is 14.2. The molecule has 0 bridgehead atoms. The third-order valence-electron chi connectivity index (χ3n) is 6.95. The molecule has 1 N–H and O–H groups in total. The zero-order chi connectivity index (χ0) is 26.3. The molecule has 200 valence electrons. The summed E-state index contributed by atoms with van der Waals surface area (Å²) in [5.41, 5.74) is 1.22. The number of para-hydroxylation sites is 1. The van der Waals surface area contributed by atoms with Crippen LogP contribution in [-0.4, -0.2) is 37.7 Å². The highest BCUT2D eigenvalue weighted by atomic mass is 32.1. The molecule has 38 heavy (non-hydrogen) atoms. The molecular weight excluding hydrogens is 500 g/mol. The third-order valence-corrected chi connectivity index (χ3v) is 7.83. The maximum absolute atomic E-state index is 14.2. The van der Waals surface area contributed by atoms with Gasteiger partial charge in [-0.2, -0.15) is 0 Å². The summed E-state index contributed by atoms with van der Waals surface area (Å²) in [6.07, 6.45) is 5.43. The highest BCUT2D eigenvalue weighted by molar-refractivity contribution is 7.10. The Bertz CT molecular complexity index is 1240. The average molecular weight is 535 g/mol. The molecule has 2 amide bonds. The van der Waals surface area contributed by atoms with Gasteiger partial charge in [0.2, 0.25) is 11.8 Å². The summed E-state index contributed by atoms with van der Waals surface area (Å²) < 4.78 is 17.5. The van der Waals surface area contributed by atoms with Gasteiger partial charge in [-0.25, -0.2) is 0 Å². The van der Waals surface area contributed by atoms with Crippen molar-refractivity contribution in [1.82, 2.24) is 5.32 Å². The molecule has 0 radical (unpaired) electrons. The second-order valence-corrected chi connectivity index (χ2v) is 10.6. The van der Waals surface area contributed by atoms with Gasteiger partial charge in [-0.3, -0.25) is 14.5 Å². The number of amides is 2. The number of carbonyl (C=O) groups excluding carboxylic acids is 2. The van der Waals surface area contributed by atoms with E-state index in [-0.39, 0.29) is 24.3 Å². The molecule has 1 saturated carbocycles. The summed E-state index contributed by atoms with van der Waals surface area (Å²) in [5, 5.41) is 5.22. The van der Waals surface area contributed by atoms with E-state index >= 15 is 0 Å². The van der Waals surface area contributed by atoms with Crippen LogP contribution >= 0.6 is 11.3 Å². The summed E-state index contributed by atoms with van der Waals surface area (Å²) in [6.45, 7) is 3.26. The first-order chi connectivity index (χ1) is 18.6. The van der Waals surface area contributed by atoms with E-state index in [1.54, 1.807) is 17.0 Å². The van der Waals surface area contributed by atoms with Crippen LogP contribution in [0, 0.1) is 0 Å². The van der Waals surface area contributed by atoms with Crippen LogP contribution in [0.5, 0.6) is 17.2 Å². The number of hydrogen-bond acceptors (Lipinski definition) is 6. The fourth-order valence-electron chi connectivity index (χ4n) is 5.18. The van der Waals surface area contributed by atoms with Crippen LogP contribution in [0.15, 0.2) is 60.0 Å². The lowest BCUT2D eigenvalue weighted by Crippen LogP contribution is -2.47. The van der Waals surface area contributed by atoms with Crippen molar-refractivity contribution < 1.29 is 23.8 Å². The molecule has 5 rings (SSSR count). The molecule has 2 aliphatic rings. The van der Waals surface area contributed by atoms with E-state index in [0.717, 1.165) is 30.6 Å².